The second-order valence-corrected chi connectivity index (χ2v) is 8.58. The Bertz CT molecular complexity index is 342. The van der Waals surface area contributed by atoms with Crippen LogP contribution in [-0.2, 0) is 9.68 Å². The maximum Gasteiger partial charge on any atom is 0.0797 e. The smallest absolute Gasteiger partial charge is 0.0797 e. The highest BCUT2D eigenvalue weighted by Crippen LogP contribution is 2.14. The zero-order chi connectivity index (χ0) is 22.7. The maximum absolute atomic E-state index is 8.84. The summed E-state index contributed by atoms with van der Waals surface area (Å²) in [5.74, 6) is 0. The van der Waals surface area contributed by atoms with Gasteiger partial charge in [0.1, 0.15) is 0 Å². The highest BCUT2D eigenvalue weighted by molar-refractivity contribution is 4.76. The fourth-order valence-electron chi connectivity index (χ4n) is 3.53. The maximum atomic E-state index is 8.84. The van der Waals surface area contributed by atoms with Crippen molar-refractivity contribution in [1.29, 1.82) is 0 Å². The first-order chi connectivity index (χ1) is 15.3. The highest BCUT2D eigenvalue weighted by atomic mass is 16.9. The molecular weight excluding hydrogens is 390 g/mol. The Morgan fingerprint density at radius 1 is 0.548 bits per heavy atom. The van der Waals surface area contributed by atoms with Gasteiger partial charge >= 0.3 is 0 Å². The minimum Gasteiger partial charge on any atom is -0.396 e. The van der Waals surface area contributed by atoms with Crippen molar-refractivity contribution >= 4 is 0 Å². The lowest BCUT2D eigenvalue weighted by Crippen LogP contribution is -2.20. The van der Waals surface area contributed by atoms with Crippen LogP contribution in [0.1, 0.15) is 129 Å². The molecule has 0 aromatic carbocycles. The second-order valence-electron chi connectivity index (χ2n) is 8.58. The van der Waals surface area contributed by atoms with Crippen molar-refractivity contribution in [2.24, 2.45) is 0 Å². The van der Waals surface area contributed by atoms with E-state index in [4.69, 9.17) is 19.9 Å². The molecule has 0 aromatic rings. The van der Waals surface area contributed by atoms with Crippen LogP contribution in [0, 0.1) is 0 Å². The van der Waals surface area contributed by atoms with Gasteiger partial charge in [0.05, 0.1) is 19.4 Å². The lowest BCUT2D eigenvalue weighted by molar-refractivity contribution is -0.337. The lowest BCUT2D eigenvalue weighted by Gasteiger charge is -2.18. The molecule has 186 valence electrons. The first-order valence-electron chi connectivity index (χ1n) is 13.3. The molecule has 0 bridgehead atoms. The summed E-state index contributed by atoms with van der Waals surface area (Å²) in [6.45, 7) is 3.32. The van der Waals surface area contributed by atoms with E-state index < -0.39 is 0 Å². The SMILES string of the molecule is CCCCCCCCCCCCCCCCCCC=CN(OCCCO)OCCCO. The molecule has 0 aromatic heterocycles. The van der Waals surface area contributed by atoms with Gasteiger partial charge in [-0.3, -0.25) is 0 Å². The number of hydroxylamine groups is 2. The Kier molecular flexibility index (Phi) is 26.9. The van der Waals surface area contributed by atoms with E-state index in [1.54, 1.807) is 6.20 Å². The van der Waals surface area contributed by atoms with E-state index in [0.717, 1.165) is 6.42 Å². The number of aliphatic hydroxyl groups excluding tert-OH is 2. The lowest BCUT2D eigenvalue weighted by atomic mass is 10.0. The van der Waals surface area contributed by atoms with Crippen molar-refractivity contribution in [3.8, 4) is 0 Å². The summed E-state index contributed by atoms with van der Waals surface area (Å²) in [4.78, 5) is 10.9. The topological polar surface area (TPSA) is 62.2 Å². The number of allylic oxidation sites excluding steroid dienone is 1. The molecule has 0 heterocycles. The van der Waals surface area contributed by atoms with Crippen LogP contribution in [0.25, 0.3) is 0 Å². The van der Waals surface area contributed by atoms with Crippen LogP contribution in [0.5, 0.6) is 0 Å². The average Bonchev–Trinajstić information content (AvgIpc) is 2.78. The summed E-state index contributed by atoms with van der Waals surface area (Å²) in [7, 11) is 0. The van der Waals surface area contributed by atoms with Crippen molar-refractivity contribution in [3.63, 3.8) is 0 Å². The monoisotopic (exact) mass is 443 g/mol. The first-order valence-corrected chi connectivity index (χ1v) is 13.3. The standard InChI is InChI=1S/C26H53NO4/c1-2-3-4-5-6-7-8-9-10-11-12-13-14-15-16-17-18-19-22-27(30-25-20-23-28)31-26-21-24-29/h19,22,28-29H,2-18,20-21,23-26H2,1H3. The molecule has 0 fully saturated rings. The number of rotatable bonds is 26. The third kappa shape index (κ3) is 25.5. The quantitative estimate of drug-likeness (QED) is 0.110. The molecule has 0 rings (SSSR count). The van der Waals surface area contributed by atoms with Crippen molar-refractivity contribution in [1.82, 2.24) is 5.23 Å². The van der Waals surface area contributed by atoms with Crippen molar-refractivity contribution in [3.05, 3.63) is 12.3 Å². The Morgan fingerprint density at radius 2 is 0.935 bits per heavy atom. The molecule has 0 aliphatic rings. The van der Waals surface area contributed by atoms with Crippen LogP contribution in [0.2, 0.25) is 0 Å². The van der Waals surface area contributed by atoms with Gasteiger partial charge in [0.15, 0.2) is 0 Å². The minimum absolute atomic E-state index is 0.105. The van der Waals surface area contributed by atoms with Crippen LogP contribution in [-0.4, -0.2) is 41.9 Å². The van der Waals surface area contributed by atoms with E-state index in [2.05, 4.69) is 13.0 Å². The van der Waals surface area contributed by atoms with Crippen molar-refractivity contribution in [2.45, 2.75) is 129 Å². The third-order valence-electron chi connectivity index (χ3n) is 5.49. The van der Waals surface area contributed by atoms with Crippen LogP contribution >= 0.6 is 0 Å². The predicted octanol–water partition coefficient (Wildman–Crippen LogP) is 7.08. The molecule has 0 radical (unpaired) electrons. The van der Waals surface area contributed by atoms with Gasteiger partial charge in [0, 0.05) is 13.2 Å². The summed E-state index contributed by atoms with van der Waals surface area (Å²) in [5, 5.41) is 19.0. The van der Waals surface area contributed by atoms with E-state index in [0.29, 0.717) is 26.1 Å². The largest absolute Gasteiger partial charge is 0.396 e. The van der Waals surface area contributed by atoms with Gasteiger partial charge in [-0.05, 0) is 25.7 Å². The van der Waals surface area contributed by atoms with Crippen LogP contribution in [0.15, 0.2) is 12.3 Å². The summed E-state index contributed by atoms with van der Waals surface area (Å²) in [6.07, 6.45) is 28.2. The first kappa shape index (κ1) is 30.4. The van der Waals surface area contributed by atoms with Gasteiger partial charge in [-0.1, -0.05) is 109 Å². The number of hydrogen-bond donors (Lipinski definition) is 2. The molecule has 0 aliphatic heterocycles. The zero-order valence-electron chi connectivity index (χ0n) is 20.6. The number of unbranched alkanes of at least 4 members (excludes halogenated alkanes) is 16. The summed E-state index contributed by atoms with van der Waals surface area (Å²) >= 11 is 0. The Hall–Kier alpha value is -0.620. The van der Waals surface area contributed by atoms with Crippen LogP contribution in [0.3, 0.4) is 0 Å². The average molecular weight is 444 g/mol. The Labute approximate surface area is 193 Å². The number of aliphatic hydroxyl groups is 2. The second kappa shape index (κ2) is 27.4. The fourth-order valence-corrected chi connectivity index (χ4v) is 3.53. The number of hydrogen-bond acceptors (Lipinski definition) is 5. The third-order valence-corrected chi connectivity index (χ3v) is 5.49. The van der Waals surface area contributed by atoms with E-state index in [9.17, 15) is 0 Å². The van der Waals surface area contributed by atoms with Crippen molar-refractivity contribution in [2.75, 3.05) is 26.4 Å². The molecular formula is C26H53NO4. The van der Waals surface area contributed by atoms with Crippen LogP contribution in [0.4, 0.5) is 0 Å². The molecule has 0 unspecified atom stereocenters. The van der Waals surface area contributed by atoms with Gasteiger partial charge in [-0.2, -0.15) is 0 Å². The molecule has 2 N–H and O–H groups in total. The molecule has 0 atom stereocenters. The summed E-state index contributed by atoms with van der Waals surface area (Å²) < 4.78 is 0. The number of nitrogens with zero attached hydrogens (tertiary/aromatic N) is 1. The van der Waals surface area contributed by atoms with Gasteiger partial charge in [0.2, 0.25) is 0 Å². The molecule has 0 amide bonds. The van der Waals surface area contributed by atoms with E-state index >= 15 is 0 Å². The fraction of sp³-hybridized carbons (Fsp3) is 0.923. The van der Waals surface area contributed by atoms with Gasteiger partial charge in [0.25, 0.3) is 0 Å². The van der Waals surface area contributed by atoms with Gasteiger partial charge in [-0.25, -0.2) is 9.68 Å². The normalized spacial score (nSPS) is 11.6. The van der Waals surface area contributed by atoms with Gasteiger partial charge < -0.3 is 10.2 Å². The van der Waals surface area contributed by atoms with E-state index in [-0.39, 0.29) is 13.2 Å². The summed E-state index contributed by atoms with van der Waals surface area (Å²) in [6, 6.07) is 0. The summed E-state index contributed by atoms with van der Waals surface area (Å²) in [5.41, 5.74) is 0. The van der Waals surface area contributed by atoms with E-state index in [1.807, 2.05) is 0 Å². The van der Waals surface area contributed by atoms with Crippen LogP contribution < -0.4 is 0 Å². The molecule has 5 heteroatoms. The predicted molar refractivity (Wildman–Crippen MR) is 130 cm³/mol. The molecule has 0 saturated heterocycles. The zero-order valence-corrected chi connectivity index (χ0v) is 20.6. The molecule has 0 spiro atoms. The van der Waals surface area contributed by atoms with E-state index in [1.165, 1.54) is 108 Å². The van der Waals surface area contributed by atoms with Crippen molar-refractivity contribution < 1.29 is 19.9 Å². The Morgan fingerprint density at radius 3 is 1.32 bits per heavy atom. The molecule has 5 nitrogen and oxygen atoms in total. The molecule has 0 saturated carbocycles. The molecule has 0 aliphatic carbocycles. The van der Waals surface area contributed by atoms with Gasteiger partial charge in [-0.15, -0.1) is 5.23 Å². The Balaban J connectivity index is 3.42. The minimum atomic E-state index is 0.105. The molecule has 31 heavy (non-hydrogen) atoms. The highest BCUT2D eigenvalue weighted by Gasteiger charge is 2.00.